The predicted octanol–water partition coefficient (Wildman–Crippen LogP) is 6.20. The van der Waals surface area contributed by atoms with E-state index >= 15 is 0 Å². The van der Waals surface area contributed by atoms with E-state index in [9.17, 15) is 9.65 Å². The molecule has 0 aromatic heterocycles. The topological polar surface area (TPSA) is 66.4 Å². The quantitative estimate of drug-likeness (QED) is 0.294. The van der Waals surface area contributed by atoms with Crippen molar-refractivity contribution in [1.82, 2.24) is 0 Å². The van der Waals surface area contributed by atoms with Crippen molar-refractivity contribution in [2.24, 2.45) is 17.8 Å². The minimum atomic E-state index is -1.36. The fraction of sp³-hybridized carbons (Fsp3) is 0.750. The first-order valence-corrected chi connectivity index (χ1v) is 11.5. The van der Waals surface area contributed by atoms with Gasteiger partial charge in [-0.2, -0.15) is 0 Å². The summed E-state index contributed by atoms with van der Waals surface area (Å²) in [4.78, 5) is 4.65. The Morgan fingerprint density at radius 3 is 2.23 bits per heavy atom. The maximum atomic E-state index is 13.0. The molecule has 0 radical (unpaired) electrons. The third-order valence-corrected chi connectivity index (χ3v) is 6.26. The van der Waals surface area contributed by atoms with Crippen LogP contribution in [0.4, 0.5) is 4.39 Å². The van der Waals surface area contributed by atoms with Crippen LogP contribution >= 0.6 is 0 Å². The second-order valence-corrected chi connectivity index (χ2v) is 8.41. The summed E-state index contributed by atoms with van der Waals surface area (Å²) in [6.45, 7) is 9.23. The standard InChI is InChI=1S/C22H33FO6.C2H6/c1-14(19-7-5-6-16-12-13-22(3,29-24)28-20(16)19)21(25-4)27-18-10-8-17(9-11-18)26-15(2)23;1-2/h8-11,14-16,19-21,24H,5-7,12-13H2,1-4H3;1-2H3/t14-,15?,16-,19+,20?,21-,22+;/m1./s1. The molecule has 2 fully saturated rings. The van der Waals surface area contributed by atoms with E-state index in [0.29, 0.717) is 23.8 Å². The average Bonchev–Trinajstić information content (AvgIpc) is 2.78. The van der Waals surface area contributed by atoms with Gasteiger partial charge in [-0.15, -0.1) is 0 Å². The first-order chi connectivity index (χ1) is 14.8. The highest BCUT2D eigenvalue weighted by atomic mass is 19.1. The molecule has 1 saturated carbocycles. The van der Waals surface area contributed by atoms with Gasteiger partial charge in [-0.25, -0.2) is 14.5 Å². The third-order valence-electron chi connectivity index (χ3n) is 6.26. The van der Waals surface area contributed by atoms with Crippen LogP contribution in [0.15, 0.2) is 24.3 Å². The Balaban J connectivity index is 0.00000166. The van der Waals surface area contributed by atoms with Crippen LogP contribution in [0.1, 0.15) is 66.7 Å². The normalized spacial score (nSPS) is 30.8. The van der Waals surface area contributed by atoms with Crippen molar-refractivity contribution in [2.75, 3.05) is 7.11 Å². The smallest absolute Gasteiger partial charge is 0.235 e. The summed E-state index contributed by atoms with van der Waals surface area (Å²) in [6, 6.07) is 6.84. The Labute approximate surface area is 185 Å². The number of hydrogen-bond donors (Lipinski definition) is 1. The van der Waals surface area contributed by atoms with Gasteiger partial charge in [-0.05, 0) is 62.3 Å². The molecule has 178 valence electrons. The lowest BCUT2D eigenvalue weighted by Gasteiger charge is -2.49. The van der Waals surface area contributed by atoms with Crippen LogP contribution in [0, 0.1) is 17.8 Å². The molecule has 1 aliphatic carbocycles. The molecule has 7 atom stereocenters. The molecule has 2 aliphatic rings. The average molecular weight is 443 g/mol. The van der Waals surface area contributed by atoms with Crippen LogP contribution in [-0.2, 0) is 14.4 Å². The number of rotatable bonds is 8. The Hall–Kier alpha value is -1.41. The number of ether oxygens (including phenoxy) is 4. The minimum absolute atomic E-state index is 0.00674. The fourth-order valence-electron chi connectivity index (χ4n) is 4.70. The molecule has 6 nitrogen and oxygen atoms in total. The summed E-state index contributed by atoms with van der Waals surface area (Å²) >= 11 is 0. The maximum absolute atomic E-state index is 13.0. The zero-order valence-corrected chi connectivity index (χ0v) is 19.7. The summed E-state index contributed by atoms with van der Waals surface area (Å²) < 4.78 is 36.0. The Morgan fingerprint density at radius 1 is 1.06 bits per heavy atom. The van der Waals surface area contributed by atoms with E-state index in [0.717, 1.165) is 25.7 Å². The lowest BCUT2D eigenvalue weighted by molar-refractivity contribution is -0.426. The molecular formula is C24H39FO6. The van der Waals surface area contributed by atoms with Crippen molar-refractivity contribution in [1.29, 1.82) is 0 Å². The summed E-state index contributed by atoms with van der Waals surface area (Å²) in [7, 11) is 1.63. The van der Waals surface area contributed by atoms with Gasteiger partial charge in [0.1, 0.15) is 11.5 Å². The molecule has 1 N–H and O–H groups in total. The molecule has 0 bridgehead atoms. The van der Waals surface area contributed by atoms with Gasteiger partial charge < -0.3 is 18.9 Å². The van der Waals surface area contributed by atoms with E-state index in [2.05, 4.69) is 11.8 Å². The summed E-state index contributed by atoms with van der Waals surface area (Å²) in [5, 5.41) is 9.28. The molecule has 1 heterocycles. The van der Waals surface area contributed by atoms with Crippen molar-refractivity contribution in [3.05, 3.63) is 24.3 Å². The highest BCUT2D eigenvalue weighted by Crippen LogP contribution is 2.46. The maximum Gasteiger partial charge on any atom is 0.235 e. The molecular weight excluding hydrogens is 403 g/mol. The van der Waals surface area contributed by atoms with Crippen LogP contribution in [0.3, 0.4) is 0 Å². The van der Waals surface area contributed by atoms with E-state index < -0.39 is 18.4 Å². The van der Waals surface area contributed by atoms with Gasteiger partial charge in [0.05, 0.1) is 6.10 Å². The molecule has 31 heavy (non-hydrogen) atoms. The van der Waals surface area contributed by atoms with Crippen LogP contribution in [-0.4, -0.2) is 36.9 Å². The molecule has 0 amide bonds. The van der Waals surface area contributed by atoms with E-state index in [1.165, 1.54) is 6.92 Å². The summed E-state index contributed by atoms with van der Waals surface area (Å²) in [5.74, 6) is 0.866. The number of methoxy groups -OCH3 is 1. The molecule has 1 aromatic rings. The van der Waals surface area contributed by atoms with Gasteiger partial charge in [0, 0.05) is 26.4 Å². The van der Waals surface area contributed by atoms with Gasteiger partial charge in [0.25, 0.3) is 0 Å². The van der Waals surface area contributed by atoms with E-state index in [4.69, 9.17) is 18.9 Å². The first kappa shape index (κ1) is 25.8. The van der Waals surface area contributed by atoms with Crippen LogP contribution in [0.25, 0.3) is 0 Å². The lowest BCUT2D eigenvalue weighted by Crippen LogP contribution is -2.52. The van der Waals surface area contributed by atoms with Crippen LogP contribution in [0.2, 0.25) is 0 Å². The van der Waals surface area contributed by atoms with Gasteiger partial charge >= 0.3 is 0 Å². The second-order valence-electron chi connectivity index (χ2n) is 8.41. The lowest BCUT2D eigenvalue weighted by atomic mass is 9.70. The SMILES string of the molecule is CC.CO[C@H](Oc1ccc(OC(C)F)cc1)[C@H](C)[C@@H]1CCC[C@@H]2CC[C@](C)(OO)OC21. The van der Waals surface area contributed by atoms with E-state index in [1.54, 1.807) is 38.3 Å². The second kappa shape index (κ2) is 12.0. The number of fused-ring (bicyclic) bond motifs is 1. The molecule has 1 saturated heterocycles. The van der Waals surface area contributed by atoms with Gasteiger partial charge in [-0.3, -0.25) is 0 Å². The monoisotopic (exact) mass is 442 g/mol. The van der Waals surface area contributed by atoms with E-state index in [-0.39, 0.29) is 17.9 Å². The zero-order valence-electron chi connectivity index (χ0n) is 19.7. The van der Waals surface area contributed by atoms with Crippen molar-refractivity contribution < 1.29 is 33.5 Å². The van der Waals surface area contributed by atoms with Gasteiger partial charge in [-0.1, -0.05) is 27.2 Å². The van der Waals surface area contributed by atoms with E-state index in [1.807, 2.05) is 13.8 Å². The van der Waals surface area contributed by atoms with Crippen LogP contribution in [0.5, 0.6) is 11.5 Å². The number of benzene rings is 1. The Kier molecular flexibility index (Phi) is 10.0. The van der Waals surface area contributed by atoms with Crippen molar-refractivity contribution in [3.8, 4) is 11.5 Å². The highest BCUT2D eigenvalue weighted by Gasteiger charge is 2.47. The number of hydrogen-bond acceptors (Lipinski definition) is 6. The van der Waals surface area contributed by atoms with Crippen molar-refractivity contribution >= 4 is 0 Å². The van der Waals surface area contributed by atoms with Crippen LogP contribution < -0.4 is 9.47 Å². The summed E-state index contributed by atoms with van der Waals surface area (Å²) in [5.41, 5.74) is 0. The molecule has 3 rings (SSSR count). The molecule has 1 aliphatic heterocycles. The van der Waals surface area contributed by atoms with Gasteiger partial charge in [0.2, 0.25) is 12.6 Å². The molecule has 1 aromatic carbocycles. The predicted molar refractivity (Wildman–Crippen MR) is 117 cm³/mol. The minimum Gasteiger partial charge on any atom is -0.465 e. The largest absolute Gasteiger partial charge is 0.465 e. The molecule has 0 spiro atoms. The number of alkyl halides is 1. The van der Waals surface area contributed by atoms with Gasteiger partial charge in [0.15, 0.2) is 5.79 Å². The molecule has 2 unspecified atom stereocenters. The third kappa shape index (κ3) is 6.78. The first-order valence-electron chi connectivity index (χ1n) is 11.5. The van der Waals surface area contributed by atoms with Crippen molar-refractivity contribution in [2.45, 2.75) is 91.3 Å². The zero-order chi connectivity index (χ0) is 23.0. The Morgan fingerprint density at radius 2 is 1.68 bits per heavy atom. The summed E-state index contributed by atoms with van der Waals surface area (Å²) in [6.07, 6.45) is 3.10. The Bertz CT molecular complexity index is 639. The molecule has 7 heteroatoms. The van der Waals surface area contributed by atoms with Crippen molar-refractivity contribution in [3.63, 3.8) is 0 Å². The fourth-order valence-corrected chi connectivity index (χ4v) is 4.70. The highest BCUT2D eigenvalue weighted by molar-refractivity contribution is 5.31. The number of halogens is 1.